The van der Waals surface area contributed by atoms with Gasteiger partial charge in [-0.05, 0) is 18.9 Å². The molecule has 0 aliphatic carbocycles. The number of hydrogen-bond acceptors (Lipinski definition) is 2. The van der Waals surface area contributed by atoms with Gasteiger partial charge in [0.25, 0.3) is 0 Å². The van der Waals surface area contributed by atoms with E-state index in [9.17, 15) is 0 Å². The Morgan fingerprint density at radius 2 is 1.92 bits per heavy atom. The Hall–Kier alpha value is -0.0800. The quantitative estimate of drug-likeness (QED) is 0.633. The van der Waals surface area contributed by atoms with Crippen molar-refractivity contribution in [2.24, 2.45) is 11.7 Å². The lowest BCUT2D eigenvalue weighted by Gasteiger charge is -2.23. The van der Waals surface area contributed by atoms with Crippen LogP contribution in [0.5, 0.6) is 0 Å². The second kappa shape index (κ2) is 7.56. The minimum absolute atomic E-state index is 0.788. The Morgan fingerprint density at radius 1 is 1.25 bits per heavy atom. The summed E-state index contributed by atoms with van der Waals surface area (Å²) in [5.74, 6) is 0.808. The van der Waals surface area contributed by atoms with Gasteiger partial charge in [0.15, 0.2) is 0 Å². The highest BCUT2D eigenvalue weighted by Crippen LogP contribution is 2.03. The van der Waals surface area contributed by atoms with Crippen LogP contribution in [0.3, 0.4) is 0 Å². The minimum atomic E-state index is 0.788. The monoisotopic (exact) mass is 172 g/mol. The lowest BCUT2D eigenvalue weighted by molar-refractivity contribution is 0.241. The van der Waals surface area contributed by atoms with Crippen LogP contribution in [0.4, 0.5) is 0 Å². The second-order valence-corrected chi connectivity index (χ2v) is 3.60. The predicted octanol–water partition coefficient (Wildman–Crippen LogP) is 1.70. The van der Waals surface area contributed by atoms with E-state index in [1.165, 1.54) is 25.9 Å². The summed E-state index contributed by atoms with van der Waals surface area (Å²) < 4.78 is 0. The van der Waals surface area contributed by atoms with Gasteiger partial charge in [-0.1, -0.05) is 27.2 Å². The Kier molecular flexibility index (Phi) is 7.51. The first kappa shape index (κ1) is 11.9. The topological polar surface area (TPSA) is 29.3 Å². The first-order valence-electron chi connectivity index (χ1n) is 5.16. The van der Waals surface area contributed by atoms with Gasteiger partial charge in [-0.2, -0.15) is 0 Å². The van der Waals surface area contributed by atoms with Gasteiger partial charge < -0.3 is 10.6 Å². The molecule has 0 aromatic rings. The lowest BCUT2D eigenvalue weighted by Crippen LogP contribution is -2.33. The summed E-state index contributed by atoms with van der Waals surface area (Å²) in [6.45, 7) is 11.0. The van der Waals surface area contributed by atoms with Gasteiger partial charge in [0.05, 0.1) is 0 Å². The number of nitrogens with zero attached hydrogens (tertiary/aromatic N) is 1. The van der Waals surface area contributed by atoms with Crippen LogP contribution in [0.15, 0.2) is 0 Å². The molecule has 0 saturated heterocycles. The van der Waals surface area contributed by atoms with Crippen LogP contribution in [0, 0.1) is 5.92 Å². The molecular weight excluding hydrogens is 148 g/mol. The van der Waals surface area contributed by atoms with Gasteiger partial charge in [0, 0.05) is 19.6 Å². The summed E-state index contributed by atoms with van der Waals surface area (Å²) in [4.78, 5) is 2.47. The maximum absolute atomic E-state index is 5.54. The van der Waals surface area contributed by atoms with Crippen LogP contribution in [-0.2, 0) is 0 Å². The molecule has 0 amide bonds. The molecule has 2 heteroatoms. The highest BCUT2D eigenvalue weighted by Gasteiger charge is 2.06. The minimum Gasteiger partial charge on any atom is -0.329 e. The molecule has 0 spiro atoms. The molecule has 0 aliphatic rings. The SMILES string of the molecule is CCCN(CCN)CC(C)CC. The Bertz CT molecular complexity index is 87.8. The van der Waals surface area contributed by atoms with Crippen LogP contribution >= 0.6 is 0 Å². The van der Waals surface area contributed by atoms with E-state index in [2.05, 4.69) is 25.7 Å². The van der Waals surface area contributed by atoms with E-state index < -0.39 is 0 Å². The number of rotatable bonds is 7. The van der Waals surface area contributed by atoms with Gasteiger partial charge >= 0.3 is 0 Å². The fourth-order valence-electron chi connectivity index (χ4n) is 1.36. The van der Waals surface area contributed by atoms with Crippen molar-refractivity contribution >= 4 is 0 Å². The number of nitrogens with two attached hydrogens (primary N) is 1. The molecule has 0 heterocycles. The molecule has 0 aromatic carbocycles. The summed E-state index contributed by atoms with van der Waals surface area (Å²) in [6, 6.07) is 0. The van der Waals surface area contributed by atoms with Crippen molar-refractivity contribution < 1.29 is 0 Å². The molecule has 0 bridgehead atoms. The van der Waals surface area contributed by atoms with Gasteiger partial charge in [-0.25, -0.2) is 0 Å². The highest BCUT2D eigenvalue weighted by atomic mass is 15.1. The molecule has 2 N–H and O–H groups in total. The third-order valence-corrected chi connectivity index (χ3v) is 2.25. The molecule has 2 nitrogen and oxygen atoms in total. The smallest absolute Gasteiger partial charge is 0.0105 e. The van der Waals surface area contributed by atoms with Crippen molar-refractivity contribution in [3.63, 3.8) is 0 Å². The van der Waals surface area contributed by atoms with E-state index in [-0.39, 0.29) is 0 Å². The van der Waals surface area contributed by atoms with Gasteiger partial charge in [-0.15, -0.1) is 0 Å². The van der Waals surface area contributed by atoms with Crippen molar-refractivity contribution in [1.82, 2.24) is 4.90 Å². The molecule has 74 valence electrons. The fourth-order valence-corrected chi connectivity index (χ4v) is 1.36. The Labute approximate surface area is 77.1 Å². The van der Waals surface area contributed by atoms with E-state index in [4.69, 9.17) is 5.73 Å². The molecule has 0 radical (unpaired) electrons. The van der Waals surface area contributed by atoms with Crippen molar-refractivity contribution in [2.75, 3.05) is 26.2 Å². The number of hydrogen-bond donors (Lipinski definition) is 1. The van der Waals surface area contributed by atoms with E-state index in [0.717, 1.165) is 19.0 Å². The fraction of sp³-hybridized carbons (Fsp3) is 1.00. The van der Waals surface area contributed by atoms with E-state index in [1.807, 2.05) is 0 Å². The first-order chi connectivity index (χ1) is 5.74. The molecule has 0 fully saturated rings. The Morgan fingerprint density at radius 3 is 2.33 bits per heavy atom. The molecule has 1 unspecified atom stereocenters. The van der Waals surface area contributed by atoms with Crippen molar-refractivity contribution in [1.29, 1.82) is 0 Å². The Balaban J connectivity index is 3.61. The van der Waals surface area contributed by atoms with Crippen LogP contribution in [0.2, 0.25) is 0 Å². The van der Waals surface area contributed by atoms with Crippen molar-refractivity contribution in [3.8, 4) is 0 Å². The highest BCUT2D eigenvalue weighted by molar-refractivity contribution is 4.61. The standard InChI is InChI=1S/C10H24N2/c1-4-7-12(8-6-11)9-10(3)5-2/h10H,4-9,11H2,1-3H3. The van der Waals surface area contributed by atoms with Crippen LogP contribution < -0.4 is 5.73 Å². The third kappa shape index (κ3) is 5.56. The van der Waals surface area contributed by atoms with Gasteiger partial charge in [0.1, 0.15) is 0 Å². The zero-order valence-electron chi connectivity index (χ0n) is 8.84. The van der Waals surface area contributed by atoms with Gasteiger partial charge in [0.2, 0.25) is 0 Å². The molecule has 1 atom stereocenters. The third-order valence-electron chi connectivity index (χ3n) is 2.25. The normalized spacial score (nSPS) is 13.8. The average Bonchev–Trinajstić information content (AvgIpc) is 2.05. The van der Waals surface area contributed by atoms with E-state index in [1.54, 1.807) is 0 Å². The molecule has 0 aliphatic heterocycles. The lowest BCUT2D eigenvalue weighted by atomic mass is 10.1. The van der Waals surface area contributed by atoms with E-state index in [0.29, 0.717) is 0 Å². The summed E-state index contributed by atoms with van der Waals surface area (Å²) in [7, 11) is 0. The molecule has 12 heavy (non-hydrogen) atoms. The maximum Gasteiger partial charge on any atom is 0.0105 e. The summed E-state index contributed by atoms with van der Waals surface area (Å²) in [6.07, 6.45) is 2.50. The zero-order chi connectivity index (χ0) is 9.40. The van der Waals surface area contributed by atoms with Gasteiger partial charge in [-0.3, -0.25) is 0 Å². The van der Waals surface area contributed by atoms with Crippen LogP contribution in [-0.4, -0.2) is 31.1 Å². The molecular formula is C10H24N2. The molecule has 0 saturated carbocycles. The first-order valence-corrected chi connectivity index (χ1v) is 5.16. The second-order valence-electron chi connectivity index (χ2n) is 3.60. The summed E-state index contributed by atoms with van der Waals surface area (Å²) in [5.41, 5.74) is 5.54. The summed E-state index contributed by atoms with van der Waals surface area (Å²) in [5, 5.41) is 0. The molecule has 0 rings (SSSR count). The zero-order valence-corrected chi connectivity index (χ0v) is 8.84. The van der Waals surface area contributed by atoms with Crippen LogP contribution in [0.1, 0.15) is 33.6 Å². The van der Waals surface area contributed by atoms with Crippen molar-refractivity contribution in [2.45, 2.75) is 33.6 Å². The molecule has 0 aromatic heterocycles. The average molecular weight is 172 g/mol. The van der Waals surface area contributed by atoms with Crippen molar-refractivity contribution in [3.05, 3.63) is 0 Å². The largest absolute Gasteiger partial charge is 0.329 e. The maximum atomic E-state index is 5.54. The van der Waals surface area contributed by atoms with Crippen LogP contribution in [0.25, 0.3) is 0 Å². The van der Waals surface area contributed by atoms with E-state index >= 15 is 0 Å². The summed E-state index contributed by atoms with van der Waals surface area (Å²) >= 11 is 0. The predicted molar refractivity (Wildman–Crippen MR) is 55.2 cm³/mol.